The predicted octanol–water partition coefficient (Wildman–Crippen LogP) is 2.48. The van der Waals surface area contributed by atoms with Crippen molar-refractivity contribution < 1.29 is 9.26 Å². The molecular formula is C16H21N3O3. The molecule has 22 heavy (non-hydrogen) atoms. The molecule has 6 nitrogen and oxygen atoms in total. The highest BCUT2D eigenvalue weighted by molar-refractivity contribution is 5.54. The third-order valence-corrected chi connectivity index (χ3v) is 4.24. The van der Waals surface area contributed by atoms with E-state index < -0.39 is 0 Å². The monoisotopic (exact) mass is 303 g/mol. The smallest absolute Gasteiger partial charge is 0.259 e. The Balaban J connectivity index is 1.91. The molecule has 2 heterocycles. The number of aryl methyl sites for hydroxylation is 1. The maximum Gasteiger partial charge on any atom is 0.259 e. The molecule has 0 saturated carbocycles. The van der Waals surface area contributed by atoms with Gasteiger partial charge >= 0.3 is 0 Å². The Labute approximate surface area is 128 Å². The van der Waals surface area contributed by atoms with E-state index in [0.717, 1.165) is 31.4 Å². The van der Waals surface area contributed by atoms with Gasteiger partial charge < -0.3 is 14.2 Å². The van der Waals surface area contributed by atoms with Gasteiger partial charge in [0.25, 0.3) is 11.4 Å². The largest absolute Gasteiger partial charge is 0.372 e. The van der Waals surface area contributed by atoms with E-state index in [0.29, 0.717) is 29.8 Å². The summed E-state index contributed by atoms with van der Waals surface area (Å²) < 4.78 is 10.4. The van der Waals surface area contributed by atoms with Crippen molar-refractivity contribution in [2.45, 2.75) is 46.1 Å². The summed E-state index contributed by atoms with van der Waals surface area (Å²) in [5.41, 5.74) is 2.57. The molecule has 0 spiro atoms. The maximum atomic E-state index is 12.3. The molecule has 0 saturated heterocycles. The number of H-pyrrole nitrogens is 1. The first-order valence-electron chi connectivity index (χ1n) is 7.87. The van der Waals surface area contributed by atoms with E-state index in [1.807, 2.05) is 13.0 Å². The van der Waals surface area contributed by atoms with Crippen LogP contribution in [0.25, 0.3) is 11.4 Å². The van der Waals surface area contributed by atoms with Crippen molar-refractivity contribution in [3.05, 3.63) is 33.6 Å². The standard InChI is InChI=1S/C16H21N3O3/c1-3-10-5-6-13-11(7-10)8-12(16(20)17-13)15-18-14(22-19-15)9-21-4-2/h8,10H,3-7,9H2,1-2H3,(H,17,20). The Kier molecular flexibility index (Phi) is 4.38. The van der Waals surface area contributed by atoms with Gasteiger partial charge in [-0.1, -0.05) is 18.5 Å². The number of hydrogen-bond acceptors (Lipinski definition) is 5. The highest BCUT2D eigenvalue weighted by Crippen LogP contribution is 2.27. The molecule has 1 aliphatic rings. The lowest BCUT2D eigenvalue weighted by Crippen LogP contribution is -2.21. The molecule has 118 valence electrons. The van der Waals surface area contributed by atoms with Gasteiger partial charge in [0, 0.05) is 12.3 Å². The van der Waals surface area contributed by atoms with Crippen molar-refractivity contribution in [3.8, 4) is 11.4 Å². The van der Waals surface area contributed by atoms with Crippen LogP contribution in [0.5, 0.6) is 0 Å². The van der Waals surface area contributed by atoms with Crippen LogP contribution in [0.2, 0.25) is 0 Å². The van der Waals surface area contributed by atoms with Crippen LogP contribution < -0.4 is 5.56 Å². The van der Waals surface area contributed by atoms with Crippen molar-refractivity contribution in [3.63, 3.8) is 0 Å². The number of nitrogens with one attached hydrogen (secondary N) is 1. The van der Waals surface area contributed by atoms with E-state index >= 15 is 0 Å². The zero-order valence-electron chi connectivity index (χ0n) is 13.0. The van der Waals surface area contributed by atoms with Gasteiger partial charge in [-0.3, -0.25) is 4.79 Å². The van der Waals surface area contributed by atoms with E-state index in [9.17, 15) is 4.79 Å². The molecule has 6 heteroatoms. The molecule has 0 radical (unpaired) electrons. The van der Waals surface area contributed by atoms with Crippen molar-refractivity contribution in [1.82, 2.24) is 15.1 Å². The normalized spacial score (nSPS) is 17.5. The molecule has 3 rings (SSSR count). The quantitative estimate of drug-likeness (QED) is 0.917. The summed E-state index contributed by atoms with van der Waals surface area (Å²) in [7, 11) is 0. The first-order chi connectivity index (χ1) is 10.7. The van der Waals surface area contributed by atoms with Gasteiger partial charge in [0.15, 0.2) is 0 Å². The lowest BCUT2D eigenvalue weighted by Gasteiger charge is -2.23. The number of ether oxygens (including phenoxy) is 1. The highest BCUT2D eigenvalue weighted by Gasteiger charge is 2.21. The third-order valence-electron chi connectivity index (χ3n) is 4.24. The second-order valence-electron chi connectivity index (χ2n) is 5.68. The Hall–Kier alpha value is -1.95. The summed E-state index contributed by atoms with van der Waals surface area (Å²) in [6.45, 7) is 4.96. The van der Waals surface area contributed by atoms with Gasteiger partial charge in [-0.25, -0.2) is 0 Å². The number of pyridine rings is 1. The van der Waals surface area contributed by atoms with Gasteiger partial charge in [0.2, 0.25) is 5.82 Å². The van der Waals surface area contributed by atoms with Crippen LogP contribution >= 0.6 is 0 Å². The molecule has 2 aromatic rings. The van der Waals surface area contributed by atoms with E-state index in [1.54, 1.807) is 0 Å². The SMILES string of the molecule is CCOCc1nc(-c2cc3c([nH]c2=O)CCC(CC)C3)no1. The molecule has 0 bridgehead atoms. The molecule has 0 aliphatic heterocycles. The molecule has 0 aromatic carbocycles. The van der Waals surface area contributed by atoms with Crippen molar-refractivity contribution in [2.75, 3.05) is 6.61 Å². The van der Waals surface area contributed by atoms with Crippen molar-refractivity contribution in [1.29, 1.82) is 0 Å². The fraction of sp³-hybridized carbons (Fsp3) is 0.562. The third kappa shape index (κ3) is 2.97. The van der Waals surface area contributed by atoms with E-state index in [1.165, 1.54) is 5.56 Å². The van der Waals surface area contributed by atoms with E-state index in [-0.39, 0.29) is 12.2 Å². The van der Waals surface area contributed by atoms with Crippen molar-refractivity contribution in [2.24, 2.45) is 5.92 Å². The summed E-state index contributed by atoms with van der Waals surface area (Å²) in [6.07, 6.45) is 4.23. The van der Waals surface area contributed by atoms with Crippen LogP contribution in [-0.4, -0.2) is 21.7 Å². The minimum Gasteiger partial charge on any atom is -0.372 e. The molecular weight excluding hydrogens is 282 g/mol. The van der Waals surface area contributed by atoms with Crippen LogP contribution in [-0.2, 0) is 24.2 Å². The van der Waals surface area contributed by atoms with Crippen LogP contribution in [0.3, 0.4) is 0 Å². The zero-order chi connectivity index (χ0) is 15.5. The summed E-state index contributed by atoms with van der Waals surface area (Å²) >= 11 is 0. The maximum absolute atomic E-state index is 12.3. The fourth-order valence-corrected chi connectivity index (χ4v) is 2.91. The lowest BCUT2D eigenvalue weighted by molar-refractivity contribution is 0.109. The van der Waals surface area contributed by atoms with Gasteiger partial charge in [-0.05, 0) is 43.7 Å². The van der Waals surface area contributed by atoms with Gasteiger partial charge in [0.05, 0.1) is 5.56 Å². The van der Waals surface area contributed by atoms with E-state index in [2.05, 4.69) is 22.0 Å². The lowest BCUT2D eigenvalue weighted by atomic mass is 9.84. The van der Waals surface area contributed by atoms with Gasteiger partial charge in [0.1, 0.15) is 6.61 Å². The number of nitrogens with zero attached hydrogens (tertiary/aromatic N) is 2. The number of aromatic nitrogens is 3. The number of hydrogen-bond donors (Lipinski definition) is 1. The second kappa shape index (κ2) is 6.44. The average molecular weight is 303 g/mol. The summed E-state index contributed by atoms with van der Waals surface area (Å²) in [6, 6.07) is 1.92. The Morgan fingerprint density at radius 2 is 2.32 bits per heavy atom. The Morgan fingerprint density at radius 3 is 3.09 bits per heavy atom. The number of aromatic amines is 1. The van der Waals surface area contributed by atoms with Crippen LogP contribution in [0.4, 0.5) is 0 Å². The van der Waals surface area contributed by atoms with Crippen LogP contribution in [0, 0.1) is 5.92 Å². The fourth-order valence-electron chi connectivity index (χ4n) is 2.91. The number of fused-ring (bicyclic) bond motifs is 1. The predicted molar refractivity (Wildman–Crippen MR) is 81.5 cm³/mol. The summed E-state index contributed by atoms with van der Waals surface area (Å²) in [5.74, 6) is 1.41. The van der Waals surface area contributed by atoms with E-state index in [4.69, 9.17) is 9.26 Å². The van der Waals surface area contributed by atoms with Crippen LogP contribution in [0.1, 0.15) is 43.8 Å². The summed E-state index contributed by atoms with van der Waals surface area (Å²) in [5, 5.41) is 3.90. The molecule has 1 aliphatic carbocycles. The summed E-state index contributed by atoms with van der Waals surface area (Å²) in [4.78, 5) is 19.5. The first-order valence-corrected chi connectivity index (χ1v) is 7.87. The molecule has 0 fully saturated rings. The molecule has 1 N–H and O–H groups in total. The molecule has 2 aromatic heterocycles. The van der Waals surface area contributed by atoms with Crippen molar-refractivity contribution >= 4 is 0 Å². The highest BCUT2D eigenvalue weighted by atomic mass is 16.5. The molecule has 1 atom stereocenters. The van der Waals surface area contributed by atoms with Crippen LogP contribution in [0.15, 0.2) is 15.4 Å². The van der Waals surface area contributed by atoms with Gasteiger partial charge in [-0.15, -0.1) is 0 Å². The minimum absolute atomic E-state index is 0.155. The average Bonchev–Trinajstić information content (AvgIpc) is 3.00. The topological polar surface area (TPSA) is 81.0 Å². The second-order valence-corrected chi connectivity index (χ2v) is 5.68. The molecule has 0 amide bonds. The van der Waals surface area contributed by atoms with Gasteiger partial charge in [-0.2, -0.15) is 4.98 Å². The number of rotatable bonds is 5. The first kappa shape index (κ1) is 15.0. The Bertz CT molecular complexity index is 705. The minimum atomic E-state index is -0.155. The molecule has 1 unspecified atom stereocenters. The zero-order valence-corrected chi connectivity index (χ0v) is 13.0. The Morgan fingerprint density at radius 1 is 1.45 bits per heavy atom.